The molecule has 1 aliphatic rings. The van der Waals surface area contributed by atoms with Gasteiger partial charge in [-0.3, -0.25) is 9.59 Å². The van der Waals surface area contributed by atoms with E-state index in [4.69, 9.17) is 9.26 Å². The number of aryl methyl sites for hydroxylation is 2. The van der Waals surface area contributed by atoms with Gasteiger partial charge in [-0.15, -0.1) is 0 Å². The molecule has 2 amide bonds. The molecule has 1 fully saturated rings. The fraction of sp³-hybridized carbons (Fsp3) is 0.417. The average molecular weight is 452 g/mol. The number of hydrogen-bond acceptors (Lipinski definition) is 6. The van der Waals surface area contributed by atoms with E-state index in [1.807, 2.05) is 53.8 Å². The van der Waals surface area contributed by atoms with E-state index >= 15 is 0 Å². The standard InChI is InChI=1S/C24H29N5O4/c1-16-20(17(2)33-27-16)15-22(30)28-13-10-19(11-14-28)29-21(9-12-25-29)26-24(31)23(32-3)18-7-5-4-6-8-18/h4-9,12,19,23H,10-11,13-15H2,1-3H3,(H,26,31)/t23-/m1/s1. The first-order chi connectivity index (χ1) is 16.0. The van der Waals surface area contributed by atoms with Crippen LogP contribution in [-0.2, 0) is 20.7 Å². The predicted octanol–water partition coefficient (Wildman–Crippen LogP) is 3.22. The van der Waals surface area contributed by atoms with Crippen LogP contribution in [0.2, 0.25) is 0 Å². The zero-order valence-corrected chi connectivity index (χ0v) is 19.2. The summed E-state index contributed by atoms with van der Waals surface area (Å²) in [5.74, 6) is 1.14. The van der Waals surface area contributed by atoms with Gasteiger partial charge in [-0.2, -0.15) is 5.10 Å². The SMILES string of the molecule is CO[C@@H](C(=O)Nc1ccnn1C1CCN(C(=O)Cc2c(C)noc2C)CC1)c1ccccc1. The highest BCUT2D eigenvalue weighted by molar-refractivity contribution is 5.94. The second-order valence-corrected chi connectivity index (χ2v) is 8.27. The first kappa shape index (κ1) is 22.7. The molecule has 1 N–H and O–H groups in total. The van der Waals surface area contributed by atoms with Crippen molar-refractivity contribution >= 4 is 17.6 Å². The van der Waals surface area contributed by atoms with Crippen LogP contribution in [0.5, 0.6) is 0 Å². The van der Waals surface area contributed by atoms with E-state index in [1.54, 1.807) is 12.3 Å². The van der Waals surface area contributed by atoms with Crippen LogP contribution < -0.4 is 5.32 Å². The van der Waals surface area contributed by atoms with Crippen molar-refractivity contribution < 1.29 is 18.8 Å². The lowest BCUT2D eigenvalue weighted by molar-refractivity contribution is -0.131. The van der Waals surface area contributed by atoms with E-state index in [0.717, 1.165) is 29.7 Å². The molecule has 1 atom stereocenters. The first-order valence-electron chi connectivity index (χ1n) is 11.1. The molecule has 0 unspecified atom stereocenters. The van der Waals surface area contributed by atoms with Crippen LogP contribution >= 0.6 is 0 Å². The van der Waals surface area contributed by atoms with Gasteiger partial charge in [-0.25, -0.2) is 4.68 Å². The number of anilines is 1. The van der Waals surface area contributed by atoms with Gasteiger partial charge in [-0.05, 0) is 32.3 Å². The number of methoxy groups -OCH3 is 1. The maximum absolute atomic E-state index is 12.9. The Morgan fingerprint density at radius 1 is 1.18 bits per heavy atom. The number of amides is 2. The van der Waals surface area contributed by atoms with Crippen molar-refractivity contribution in [2.75, 3.05) is 25.5 Å². The predicted molar refractivity (Wildman–Crippen MR) is 122 cm³/mol. The molecule has 3 heterocycles. The maximum Gasteiger partial charge on any atom is 0.259 e. The van der Waals surface area contributed by atoms with Gasteiger partial charge in [-0.1, -0.05) is 35.5 Å². The van der Waals surface area contributed by atoms with Crippen LogP contribution in [0, 0.1) is 13.8 Å². The average Bonchev–Trinajstić information content (AvgIpc) is 3.42. The van der Waals surface area contributed by atoms with E-state index in [2.05, 4.69) is 15.6 Å². The van der Waals surface area contributed by atoms with E-state index < -0.39 is 6.10 Å². The third kappa shape index (κ3) is 4.98. The number of nitrogens with one attached hydrogen (secondary N) is 1. The summed E-state index contributed by atoms with van der Waals surface area (Å²) in [5.41, 5.74) is 2.41. The second kappa shape index (κ2) is 9.99. The lowest BCUT2D eigenvalue weighted by Gasteiger charge is -2.33. The Balaban J connectivity index is 1.37. The van der Waals surface area contributed by atoms with Crippen LogP contribution in [0.4, 0.5) is 5.82 Å². The highest BCUT2D eigenvalue weighted by atomic mass is 16.5. The molecule has 0 radical (unpaired) electrons. The van der Waals surface area contributed by atoms with E-state index in [-0.39, 0.29) is 17.9 Å². The number of likely N-dealkylation sites (tertiary alicyclic amines) is 1. The molecule has 0 spiro atoms. The summed E-state index contributed by atoms with van der Waals surface area (Å²) in [4.78, 5) is 27.5. The lowest BCUT2D eigenvalue weighted by atomic mass is 10.0. The summed E-state index contributed by atoms with van der Waals surface area (Å²) in [5, 5.41) is 11.3. The third-order valence-corrected chi connectivity index (χ3v) is 6.17. The quantitative estimate of drug-likeness (QED) is 0.592. The van der Waals surface area contributed by atoms with Crippen molar-refractivity contribution in [3.05, 3.63) is 65.2 Å². The zero-order valence-electron chi connectivity index (χ0n) is 19.2. The summed E-state index contributed by atoms with van der Waals surface area (Å²) in [6, 6.07) is 11.2. The van der Waals surface area contributed by atoms with Gasteiger partial charge >= 0.3 is 0 Å². The summed E-state index contributed by atoms with van der Waals surface area (Å²) >= 11 is 0. The Kier molecular flexibility index (Phi) is 6.88. The summed E-state index contributed by atoms with van der Waals surface area (Å²) in [7, 11) is 1.52. The van der Waals surface area contributed by atoms with Crippen LogP contribution in [0.25, 0.3) is 0 Å². The van der Waals surface area contributed by atoms with Crippen molar-refractivity contribution in [2.24, 2.45) is 0 Å². The van der Waals surface area contributed by atoms with Gasteiger partial charge in [0.15, 0.2) is 6.10 Å². The van der Waals surface area contributed by atoms with E-state index in [0.29, 0.717) is 31.1 Å². The number of carbonyl (C=O) groups excluding carboxylic acids is 2. The lowest BCUT2D eigenvalue weighted by Crippen LogP contribution is -2.40. The fourth-order valence-corrected chi connectivity index (χ4v) is 4.30. The molecule has 33 heavy (non-hydrogen) atoms. The molecule has 1 saturated heterocycles. The molecule has 4 rings (SSSR count). The fourth-order valence-electron chi connectivity index (χ4n) is 4.30. The number of piperidine rings is 1. The van der Waals surface area contributed by atoms with Crippen molar-refractivity contribution in [1.82, 2.24) is 19.8 Å². The molecule has 174 valence electrons. The van der Waals surface area contributed by atoms with Gasteiger partial charge in [0, 0.05) is 31.8 Å². The van der Waals surface area contributed by atoms with Crippen LogP contribution in [0.3, 0.4) is 0 Å². The van der Waals surface area contributed by atoms with Gasteiger partial charge in [0.05, 0.1) is 24.4 Å². The van der Waals surface area contributed by atoms with E-state index in [9.17, 15) is 9.59 Å². The van der Waals surface area contributed by atoms with Crippen LogP contribution in [0.15, 0.2) is 47.1 Å². The molecule has 9 nitrogen and oxygen atoms in total. The van der Waals surface area contributed by atoms with Crippen molar-refractivity contribution in [2.45, 2.75) is 45.3 Å². The monoisotopic (exact) mass is 451 g/mol. The molecule has 1 aromatic carbocycles. The van der Waals surface area contributed by atoms with Gasteiger partial charge in [0.1, 0.15) is 11.6 Å². The van der Waals surface area contributed by atoms with Gasteiger partial charge in [0.2, 0.25) is 5.91 Å². The van der Waals surface area contributed by atoms with E-state index in [1.165, 1.54) is 7.11 Å². The van der Waals surface area contributed by atoms with Gasteiger partial charge in [0.25, 0.3) is 5.91 Å². The van der Waals surface area contributed by atoms with Crippen molar-refractivity contribution in [3.63, 3.8) is 0 Å². The number of nitrogens with zero attached hydrogens (tertiary/aromatic N) is 4. The van der Waals surface area contributed by atoms with Gasteiger partial charge < -0.3 is 19.5 Å². The third-order valence-electron chi connectivity index (χ3n) is 6.17. The number of ether oxygens (including phenoxy) is 1. The summed E-state index contributed by atoms with van der Waals surface area (Å²) in [6.45, 7) is 4.94. The van der Waals surface area contributed by atoms with Crippen LogP contribution in [-0.4, -0.2) is 51.9 Å². The smallest absolute Gasteiger partial charge is 0.259 e. The summed E-state index contributed by atoms with van der Waals surface area (Å²) in [6.07, 6.45) is 2.77. The summed E-state index contributed by atoms with van der Waals surface area (Å²) < 4.78 is 12.4. The molecule has 3 aromatic rings. The highest BCUT2D eigenvalue weighted by Crippen LogP contribution is 2.27. The highest BCUT2D eigenvalue weighted by Gasteiger charge is 2.28. The molecular formula is C24H29N5O4. The number of benzene rings is 1. The normalized spacial score (nSPS) is 15.4. The minimum Gasteiger partial charge on any atom is -0.367 e. The molecule has 1 aliphatic heterocycles. The molecule has 0 bridgehead atoms. The van der Waals surface area contributed by atoms with Crippen molar-refractivity contribution in [3.8, 4) is 0 Å². The van der Waals surface area contributed by atoms with Crippen molar-refractivity contribution in [1.29, 1.82) is 0 Å². The Bertz CT molecular complexity index is 1080. The molecule has 2 aromatic heterocycles. The minimum atomic E-state index is -0.710. The Labute approximate surface area is 192 Å². The second-order valence-electron chi connectivity index (χ2n) is 8.27. The minimum absolute atomic E-state index is 0.0719. The number of carbonyl (C=O) groups is 2. The zero-order chi connectivity index (χ0) is 23.4. The molecule has 0 saturated carbocycles. The Morgan fingerprint density at radius 2 is 1.91 bits per heavy atom. The Hall–Kier alpha value is -3.46. The molecule has 9 heteroatoms. The first-order valence-corrected chi connectivity index (χ1v) is 11.1. The molecule has 0 aliphatic carbocycles. The number of aromatic nitrogens is 3. The number of rotatable bonds is 7. The number of hydrogen-bond donors (Lipinski definition) is 1. The largest absolute Gasteiger partial charge is 0.367 e. The maximum atomic E-state index is 12.9. The van der Waals surface area contributed by atoms with Crippen LogP contribution in [0.1, 0.15) is 47.6 Å². The Morgan fingerprint density at radius 3 is 2.55 bits per heavy atom. The molecular weight excluding hydrogens is 422 g/mol. The topological polar surface area (TPSA) is 102 Å².